The molecular weight excluding hydrogens is 408 g/mol. The van der Waals surface area contributed by atoms with Gasteiger partial charge in [0.2, 0.25) is 10.0 Å². The first kappa shape index (κ1) is 22.2. The molecule has 2 aromatic rings. The lowest BCUT2D eigenvalue weighted by atomic mass is 10.0. The van der Waals surface area contributed by atoms with E-state index >= 15 is 0 Å². The van der Waals surface area contributed by atoms with Crippen LogP contribution in [0.3, 0.4) is 0 Å². The molecule has 1 fully saturated rings. The van der Waals surface area contributed by atoms with E-state index in [0.29, 0.717) is 48.5 Å². The number of anilines is 1. The van der Waals surface area contributed by atoms with Gasteiger partial charge in [0.1, 0.15) is 22.1 Å². The molecule has 0 saturated carbocycles. The molecule has 0 amide bonds. The smallest absolute Gasteiger partial charge is 0.244 e. The van der Waals surface area contributed by atoms with Crippen LogP contribution < -0.4 is 24.7 Å². The fourth-order valence-corrected chi connectivity index (χ4v) is 4.41. The SMILES string of the molecule is COc1ccc(CNS(=O)(=O)c2cc(N)ccc2OCC2CCOCC2)c(OC)c1. The van der Waals surface area contributed by atoms with Crippen LogP contribution in [-0.4, -0.2) is 42.5 Å². The number of benzene rings is 2. The highest BCUT2D eigenvalue weighted by molar-refractivity contribution is 7.89. The van der Waals surface area contributed by atoms with Crippen molar-refractivity contribution in [2.45, 2.75) is 24.3 Å². The summed E-state index contributed by atoms with van der Waals surface area (Å²) in [7, 11) is -0.797. The Morgan fingerprint density at radius 2 is 1.83 bits per heavy atom. The first-order valence-electron chi connectivity index (χ1n) is 9.73. The van der Waals surface area contributed by atoms with Crippen molar-refractivity contribution in [3.63, 3.8) is 0 Å². The molecule has 0 radical (unpaired) electrons. The van der Waals surface area contributed by atoms with Crippen LogP contribution >= 0.6 is 0 Å². The Morgan fingerprint density at radius 3 is 2.53 bits per heavy atom. The van der Waals surface area contributed by atoms with Crippen molar-refractivity contribution in [2.24, 2.45) is 5.92 Å². The topological polar surface area (TPSA) is 109 Å². The Balaban J connectivity index is 1.75. The van der Waals surface area contributed by atoms with E-state index in [9.17, 15) is 8.42 Å². The zero-order valence-corrected chi connectivity index (χ0v) is 18.0. The number of nitrogens with two attached hydrogens (primary N) is 1. The van der Waals surface area contributed by atoms with Crippen LogP contribution in [0.15, 0.2) is 41.3 Å². The molecule has 0 unspecified atom stereocenters. The van der Waals surface area contributed by atoms with E-state index in [-0.39, 0.29) is 17.2 Å². The Labute approximate surface area is 177 Å². The highest BCUT2D eigenvalue weighted by Crippen LogP contribution is 2.29. The third-order valence-corrected chi connectivity index (χ3v) is 6.44. The van der Waals surface area contributed by atoms with Gasteiger partial charge in [-0.1, -0.05) is 6.07 Å². The summed E-state index contributed by atoms with van der Waals surface area (Å²) in [6.07, 6.45) is 1.79. The first-order valence-corrected chi connectivity index (χ1v) is 11.2. The second-order valence-electron chi connectivity index (χ2n) is 7.08. The van der Waals surface area contributed by atoms with E-state index in [1.807, 2.05) is 0 Å². The summed E-state index contributed by atoms with van der Waals surface area (Å²) in [4.78, 5) is 0.0158. The summed E-state index contributed by atoms with van der Waals surface area (Å²) < 4.78 is 50.4. The molecule has 0 aromatic heterocycles. The number of sulfonamides is 1. The molecule has 1 aliphatic heterocycles. The van der Waals surface area contributed by atoms with Gasteiger partial charge in [0, 0.05) is 37.1 Å². The van der Waals surface area contributed by atoms with E-state index in [0.717, 1.165) is 12.8 Å². The molecule has 1 heterocycles. The second kappa shape index (κ2) is 10.0. The highest BCUT2D eigenvalue weighted by atomic mass is 32.2. The van der Waals surface area contributed by atoms with Gasteiger partial charge in [-0.05, 0) is 43.0 Å². The molecule has 3 N–H and O–H groups in total. The number of ether oxygens (including phenoxy) is 4. The number of nitrogen functional groups attached to an aromatic ring is 1. The van der Waals surface area contributed by atoms with E-state index in [1.54, 1.807) is 37.4 Å². The van der Waals surface area contributed by atoms with Gasteiger partial charge in [0.05, 0.1) is 20.8 Å². The fraction of sp³-hybridized carbons (Fsp3) is 0.429. The molecule has 3 rings (SSSR count). The minimum Gasteiger partial charge on any atom is -0.497 e. The third-order valence-electron chi connectivity index (χ3n) is 5.02. The van der Waals surface area contributed by atoms with Crippen molar-refractivity contribution in [3.05, 3.63) is 42.0 Å². The molecule has 8 nitrogen and oxygen atoms in total. The van der Waals surface area contributed by atoms with E-state index in [1.165, 1.54) is 13.2 Å². The molecule has 0 spiro atoms. The number of rotatable bonds is 9. The lowest BCUT2D eigenvalue weighted by molar-refractivity contribution is 0.0493. The molecule has 1 aliphatic rings. The normalized spacial score (nSPS) is 15.0. The third kappa shape index (κ3) is 5.56. The van der Waals surface area contributed by atoms with Gasteiger partial charge in [-0.2, -0.15) is 0 Å². The summed E-state index contributed by atoms with van der Waals surface area (Å²) in [6.45, 7) is 1.88. The lowest BCUT2D eigenvalue weighted by Gasteiger charge is -2.23. The van der Waals surface area contributed by atoms with Crippen LogP contribution in [0.25, 0.3) is 0 Å². The lowest BCUT2D eigenvalue weighted by Crippen LogP contribution is -2.25. The Morgan fingerprint density at radius 1 is 1.07 bits per heavy atom. The molecule has 164 valence electrons. The van der Waals surface area contributed by atoms with E-state index in [4.69, 9.17) is 24.7 Å². The zero-order valence-electron chi connectivity index (χ0n) is 17.2. The summed E-state index contributed by atoms with van der Waals surface area (Å²) in [5.74, 6) is 1.77. The molecule has 0 atom stereocenters. The maximum atomic E-state index is 13.0. The van der Waals surface area contributed by atoms with Crippen molar-refractivity contribution in [1.29, 1.82) is 0 Å². The van der Waals surface area contributed by atoms with Crippen molar-refractivity contribution in [2.75, 3.05) is 39.8 Å². The number of methoxy groups -OCH3 is 2. The van der Waals surface area contributed by atoms with Crippen molar-refractivity contribution < 1.29 is 27.4 Å². The largest absolute Gasteiger partial charge is 0.497 e. The van der Waals surface area contributed by atoms with Gasteiger partial charge in [-0.3, -0.25) is 0 Å². The fourth-order valence-electron chi connectivity index (χ4n) is 3.22. The highest BCUT2D eigenvalue weighted by Gasteiger charge is 2.22. The molecule has 0 aliphatic carbocycles. The maximum Gasteiger partial charge on any atom is 0.244 e. The molecule has 30 heavy (non-hydrogen) atoms. The minimum absolute atomic E-state index is 0.0158. The van der Waals surface area contributed by atoms with Gasteiger partial charge in [0.15, 0.2) is 0 Å². The molecule has 9 heteroatoms. The summed E-state index contributed by atoms with van der Waals surface area (Å²) in [5.41, 5.74) is 6.87. The van der Waals surface area contributed by atoms with Crippen LogP contribution in [0.5, 0.6) is 17.2 Å². The van der Waals surface area contributed by atoms with Gasteiger partial charge in [-0.25, -0.2) is 13.1 Å². The molecule has 0 bridgehead atoms. The monoisotopic (exact) mass is 436 g/mol. The van der Waals surface area contributed by atoms with Gasteiger partial charge in [-0.15, -0.1) is 0 Å². The van der Waals surface area contributed by atoms with Crippen molar-refractivity contribution in [1.82, 2.24) is 4.72 Å². The number of nitrogens with one attached hydrogen (secondary N) is 1. The average molecular weight is 437 g/mol. The van der Waals surface area contributed by atoms with E-state index < -0.39 is 10.0 Å². The zero-order chi connectivity index (χ0) is 21.6. The van der Waals surface area contributed by atoms with Crippen LogP contribution in [0.1, 0.15) is 18.4 Å². The number of hydrogen-bond donors (Lipinski definition) is 2. The van der Waals surface area contributed by atoms with Crippen molar-refractivity contribution in [3.8, 4) is 17.2 Å². The van der Waals surface area contributed by atoms with Gasteiger partial charge < -0.3 is 24.7 Å². The molecular formula is C21H28N2O6S. The predicted octanol–water partition coefficient (Wildman–Crippen LogP) is 2.57. The van der Waals surface area contributed by atoms with Gasteiger partial charge in [0.25, 0.3) is 0 Å². The van der Waals surface area contributed by atoms with Crippen LogP contribution in [0.2, 0.25) is 0 Å². The quantitative estimate of drug-likeness (QED) is 0.582. The van der Waals surface area contributed by atoms with Crippen LogP contribution in [0.4, 0.5) is 5.69 Å². The van der Waals surface area contributed by atoms with Crippen LogP contribution in [0, 0.1) is 5.92 Å². The summed E-state index contributed by atoms with van der Waals surface area (Å²) >= 11 is 0. The Kier molecular flexibility index (Phi) is 7.41. The summed E-state index contributed by atoms with van der Waals surface area (Å²) in [5, 5.41) is 0. The van der Waals surface area contributed by atoms with Crippen molar-refractivity contribution >= 4 is 15.7 Å². The molecule has 1 saturated heterocycles. The van der Waals surface area contributed by atoms with Crippen LogP contribution in [-0.2, 0) is 21.3 Å². The second-order valence-corrected chi connectivity index (χ2v) is 8.81. The average Bonchev–Trinajstić information content (AvgIpc) is 2.77. The minimum atomic E-state index is -3.87. The summed E-state index contributed by atoms with van der Waals surface area (Å²) in [6, 6.07) is 9.83. The number of hydrogen-bond acceptors (Lipinski definition) is 7. The standard InChI is InChI=1S/C21H28N2O6S/c1-26-18-5-3-16(20(12-18)27-2)13-23-30(24,25)21-11-17(22)4-6-19(21)29-14-15-7-9-28-10-8-15/h3-6,11-12,15,23H,7-10,13-14,22H2,1-2H3. The predicted molar refractivity (Wildman–Crippen MR) is 113 cm³/mol. The molecule has 2 aromatic carbocycles. The maximum absolute atomic E-state index is 13.0. The first-order chi connectivity index (χ1) is 14.4. The van der Waals surface area contributed by atoms with Gasteiger partial charge >= 0.3 is 0 Å². The Bertz CT molecular complexity index is 958. The Hall–Kier alpha value is -2.49. The van der Waals surface area contributed by atoms with E-state index in [2.05, 4.69) is 4.72 Å².